The van der Waals surface area contributed by atoms with Crippen molar-refractivity contribution in [2.45, 2.75) is 11.1 Å². The molecule has 42 heavy (non-hydrogen) atoms. The van der Waals surface area contributed by atoms with Crippen molar-refractivity contribution in [3.63, 3.8) is 0 Å². The van der Waals surface area contributed by atoms with Gasteiger partial charge in [-0.15, -0.1) is 0 Å². The molecule has 4 aromatic rings. The van der Waals surface area contributed by atoms with E-state index in [0.717, 1.165) is 40.9 Å². The Balaban J connectivity index is 1.46. The maximum atomic E-state index is 13.6. The number of hydrogen-bond donors (Lipinski definition) is 2. The van der Waals surface area contributed by atoms with Crippen molar-refractivity contribution in [1.29, 1.82) is 0 Å². The molecule has 0 radical (unpaired) electrons. The van der Waals surface area contributed by atoms with Crippen molar-refractivity contribution in [2.24, 2.45) is 0 Å². The van der Waals surface area contributed by atoms with Crippen LogP contribution in [0.1, 0.15) is 15.9 Å². The molecule has 0 saturated heterocycles. The summed E-state index contributed by atoms with van der Waals surface area (Å²) in [7, 11) is 1.51. The monoisotopic (exact) mass is 589 g/mol. The number of benzene rings is 4. The van der Waals surface area contributed by atoms with Gasteiger partial charge in [-0.25, -0.2) is 4.90 Å². The van der Waals surface area contributed by atoms with E-state index in [9.17, 15) is 27.6 Å². The van der Waals surface area contributed by atoms with Gasteiger partial charge in [-0.1, -0.05) is 36.0 Å². The van der Waals surface area contributed by atoms with Crippen molar-refractivity contribution < 1.29 is 32.3 Å². The van der Waals surface area contributed by atoms with Crippen LogP contribution in [0.3, 0.4) is 0 Å². The number of amides is 3. The fourth-order valence-electron chi connectivity index (χ4n) is 4.12. The molecule has 212 valence electrons. The topological polar surface area (TPSA) is 87.7 Å². The standard InChI is InChI=1S/C31H22F3N3O4S/c1-41-24-16-12-21(13-17-24)35-26-27(30(40)37(29(26)39)23-14-10-20(11-15-23)31(32,33)34)42-25-9-5-8-22(18-25)36-28(38)19-6-3-2-4-7-19/h2-18,35H,1H3,(H,36,38). The second-order valence-electron chi connectivity index (χ2n) is 9.00. The normalized spacial score (nSPS) is 13.4. The Morgan fingerprint density at radius 2 is 1.50 bits per heavy atom. The third kappa shape index (κ3) is 6.16. The SMILES string of the molecule is COc1ccc(NC2=C(Sc3cccc(NC(=O)c4ccccc4)c3)C(=O)N(c3ccc(C(F)(F)F)cc3)C2=O)cc1. The fourth-order valence-corrected chi connectivity index (χ4v) is 5.10. The summed E-state index contributed by atoms with van der Waals surface area (Å²) in [6.45, 7) is 0. The minimum atomic E-state index is -4.57. The summed E-state index contributed by atoms with van der Waals surface area (Å²) >= 11 is 0.990. The van der Waals surface area contributed by atoms with E-state index in [4.69, 9.17) is 4.74 Å². The minimum Gasteiger partial charge on any atom is -0.497 e. The first-order valence-corrected chi connectivity index (χ1v) is 13.3. The fraction of sp³-hybridized carbons (Fsp3) is 0.0645. The van der Waals surface area contributed by atoms with E-state index >= 15 is 0 Å². The molecule has 2 N–H and O–H groups in total. The Morgan fingerprint density at radius 3 is 2.14 bits per heavy atom. The molecule has 1 aliphatic heterocycles. The van der Waals surface area contributed by atoms with Gasteiger partial charge in [-0.3, -0.25) is 14.4 Å². The first-order chi connectivity index (χ1) is 20.1. The minimum absolute atomic E-state index is 0.00786. The molecular formula is C31H22F3N3O4S. The second-order valence-corrected chi connectivity index (χ2v) is 10.1. The first kappa shape index (κ1) is 28.5. The molecule has 0 bridgehead atoms. The van der Waals surface area contributed by atoms with E-state index < -0.39 is 23.6 Å². The van der Waals surface area contributed by atoms with Crippen LogP contribution < -0.4 is 20.3 Å². The molecule has 0 spiro atoms. The van der Waals surface area contributed by atoms with Crippen molar-refractivity contribution in [2.75, 3.05) is 22.6 Å². The predicted octanol–water partition coefficient (Wildman–Crippen LogP) is 6.96. The molecular weight excluding hydrogens is 567 g/mol. The van der Waals surface area contributed by atoms with Gasteiger partial charge >= 0.3 is 6.18 Å². The Hall–Kier alpha value is -5.03. The van der Waals surface area contributed by atoms with Crippen LogP contribution in [0.15, 0.2) is 119 Å². The van der Waals surface area contributed by atoms with Gasteiger partial charge in [0.2, 0.25) is 0 Å². The maximum Gasteiger partial charge on any atom is 0.416 e. The lowest BCUT2D eigenvalue weighted by Crippen LogP contribution is -2.32. The van der Waals surface area contributed by atoms with E-state index in [1.54, 1.807) is 78.9 Å². The summed E-state index contributed by atoms with van der Waals surface area (Å²) < 4.78 is 44.5. The Labute approximate surface area is 243 Å². The van der Waals surface area contributed by atoms with Gasteiger partial charge in [-0.05, 0) is 78.9 Å². The molecule has 0 aromatic heterocycles. The molecule has 0 aliphatic carbocycles. The van der Waals surface area contributed by atoms with Crippen molar-refractivity contribution in [3.05, 3.63) is 125 Å². The summed E-state index contributed by atoms with van der Waals surface area (Å²) in [5, 5.41) is 5.80. The lowest BCUT2D eigenvalue weighted by molar-refractivity contribution is -0.137. The quantitative estimate of drug-likeness (QED) is 0.216. The highest BCUT2D eigenvalue weighted by Gasteiger charge is 2.41. The first-order valence-electron chi connectivity index (χ1n) is 12.5. The number of alkyl halides is 3. The molecule has 0 atom stereocenters. The number of thioether (sulfide) groups is 1. The molecule has 0 fully saturated rings. The number of imide groups is 1. The Kier molecular flexibility index (Phi) is 8.03. The number of carbonyl (C=O) groups excluding carboxylic acids is 3. The molecule has 7 nitrogen and oxygen atoms in total. The predicted molar refractivity (Wildman–Crippen MR) is 154 cm³/mol. The van der Waals surface area contributed by atoms with E-state index in [2.05, 4.69) is 10.6 Å². The van der Waals surface area contributed by atoms with Crippen LogP contribution in [0.2, 0.25) is 0 Å². The number of carbonyl (C=O) groups is 3. The average molecular weight is 590 g/mol. The van der Waals surface area contributed by atoms with Crippen LogP contribution in [-0.4, -0.2) is 24.8 Å². The van der Waals surface area contributed by atoms with Gasteiger partial charge < -0.3 is 15.4 Å². The number of halogens is 3. The van der Waals surface area contributed by atoms with Crippen molar-refractivity contribution >= 4 is 46.5 Å². The highest BCUT2D eigenvalue weighted by atomic mass is 32.2. The zero-order valence-corrected chi connectivity index (χ0v) is 22.8. The zero-order chi connectivity index (χ0) is 29.9. The van der Waals surface area contributed by atoms with Gasteiger partial charge in [0, 0.05) is 21.8 Å². The Bertz CT molecular complexity index is 1670. The van der Waals surface area contributed by atoms with Gasteiger partial charge in [0.15, 0.2) is 0 Å². The molecule has 11 heteroatoms. The molecule has 4 aromatic carbocycles. The largest absolute Gasteiger partial charge is 0.497 e. The lowest BCUT2D eigenvalue weighted by atomic mass is 10.2. The van der Waals surface area contributed by atoms with Crippen LogP contribution in [0.4, 0.5) is 30.2 Å². The highest BCUT2D eigenvalue weighted by molar-refractivity contribution is 8.04. The summed E-state index contributed by atoms with van der Waals surface area (Å²) in [5.41, 5.74) is 0.464. The molecule has 0 unspecified atom stereocenters. The van der Waals surface area contributed by atoms with Crippen LogP contribution in [-0.2, 0) is 15.8 Å². The van der Waals surface area contributed by atoms with Gasteiger partial charge in [0.25, 0.3) is 17.7 Å². The smallest absolute Gasteiger partial charge is 0.416 e. The summed E-state index contributed by atoms with van der Waals surface area (Å²) in [5.74, 6) is -1.18. The van der Waals surface area contributed by atoms with E-state index in [-0.39, 0.29) is 22.2 Å². The van der Waals surface area contributed by atoms with Gasteiger partial charge in [-0.2, -0.15) is 13.2 Å². The van der Waals surface area contributed by atoms with Crippen molar-refractivity contribution in [3.8, 4) is 5.75 Å². The van der Waals surface area contributed by atoms with Crippen LogP contribution in [0.25, 0.3) is 0 Å². The van der Waals surface area contributed by atoms with E-state index in [1.807, 2.05) is 0 Å². The van der Waals surface area contributed by atoms with Crippen LogP contribution >= 0.6 is 11.8 Å². The highest BCUT2D eigenvalue weighted by Crippen LogP contribution is 2.39. The van der Waals surface area contributed by atoms with Gasteiger partial charge in [0.05, 0.1) is 18.4 Å². The number of methoxy groups -OCH3 is 1. The second kappa shape index (κ2) is 11.8. The number of rotatable bonds is 8. The van der Waals surface area contributed by atoms with Crippen LogP contribution in [0, 0.1) is 0 Å². The average Bonchev–Trinajstić information content (AvgIpc) is 3.21. The molecule has 3 amide bonds. The van der Waals surface area contributed by atoms with E-state index in [0.29, 0.717) is 27.6 Å². The third-order valence-electron chi connectivity index (χ3n) is 6.20. The number of ether oxygens (including phenoxy) is 1. The third-order valence-corrected chi connectivity index (χ3v) is 7.27. The zero-order valence-electron chi connectivity index (χ0n) is 21.9. The number of hydrogen-bond acceptors (Lipinski definition) is 6. The van der Waals surface area contributed by atoms with E-state index in [1.165, 1.54) is 7.11 Å². The molecule has 1 aliphatic rings. The van der Waals surface area contributed by atoms with Crippen LogP contribution in [0.5, 0.6) is 5.75 Å². The molecule has 5 rings (SSSR count). The summed E-state index contributed by atoms with van der Waals surface area (Å²) in [4.78, 5) is 41.2. The number of nitrogens with one attached hydrogen (secondary N) is 2. The van der Waals surface area contributed by atoms with Crippen molar-refractivity contribution in [1.82, 2.24) is 0 Å². The Morgan fingerprint density at radius 1 is 0.810 bits per heavy atom. The number of nitrogens with zero attached hydrogens (tertiary/aromatic N) is 1. The molecule has 0 saturated carbocycles. The lowest BCUT2D eigenvalue weighted by Gasteiger charge is -2.16. The summed E-state index contributed by atoms with van der Waals surface area (Å²) in [6.07, 6.45) is -4.57. The maximum absolute atomic E-state index is 13.6. The molecule has 1 heterocycles. The van der Waals surface area contributed by atoms with Gasteiger partial charge in [0.1, 0.15) is 16.4 Å². The number of anilines is 3. The summed E-state index contributed by atoms with van der Waals surface area (Å²) in [6, 6.07) is 25.8.